The molecule has 0 spiro atoms. The number of fused-ring (bicyclic) bond motifs is 2. The van der Waals surface area contributed by atoms with E-state index >= 15 is 0 Å². The minimum Gasteiger partial charge on any atom is -0.497 e. The van der Waals surface area contributed by atoms with E-state index in [1.807, 2.05) is 6.07 Å². The molecule has 22 heavy (non-hydrogen) atoms. The molecular formula is C19H19NO2. The molecule has 2 aliphatic heterocycles. The van der Waals surface area contributed by atoms with Gasteiger partial charge < -0.3 is 14.4 Å². The highest BCUT2D eigenvalue weighted by atomic mass is 16.5. The fourth-order valence-electron chi connectivity index (χ4n) is 3.44. The van der Waals surface area contributed by atoms with Crippen molar-refractivity contribution in [1.82, 2.24) is 0 Å². The molecule has 0 radical (unpaired) electrons. The molecule has 0 N–H and O–H groups in total. The fraction of sp³-hybridized carbons (Fsp3) is 0.263. The predicted molar refractivity (Wildman–Crippen MR) is 89.3 cm³/mol. The Labute approximate surface area is 130 Å². The molecule has 4 rings (SSSR count). The van der Waals surface area contributed by atoms with Crippen molar-refractivity contribution >= 4 is 16.9 Å². The largest absolute Gasteiger partial charge is 0.497 e. The van der Waals surface area contributed by atoms with Crippen LogP contribution in [0.4, 0.5) is 11.4 Å². The number of hydrogen-bond donors (Lipinski definition) is 0. The average molecular weight is 293 g/mol. The van der Waals surface area contributed by atoms with Gasteiger partial charge in [0.1, 0.15) is 17.6 Å². The highest BCUT2D eigenvalue weighted by molar-refractivity contribution is 6.01. The van der Waals surface area contributed by atoms with E-state index in [9.17, 15) is 0 Å². The van der Waals surface area contributed by atoms with E-state index in [2.05, 4.69) is 56.1 Å². The molecule has 2 heterocycles. The number of hydrogen-bond acceptors (Lipinski definition) is 3. The van der Waals surface area contributed by atoms with Crippen LogP contribution < -0.4 is 14.4 Å². The van der Waals surface area contributed by atoms with Gasteiger partial charge in [-0.25, -0.2) is 0 Å². The number of benzene rings is 2. The molecule has 0 aliphatic carbocycles. The number of para-hydroxylation sites is 1. The van der Waals surface area contributed by atoms with Crippen LogP contribution in [0, 0.1) is 0 Å². The van der Waals surface area contributed by atoms with Crippen LogP contribution in [0.2, 0.25) is 0 Å². The first-order valence-corrected chi connectivity index (χ1v) is 7.54. The van der Waals surface area contributed by atoms with Gasteiger partial charge in [0.15, 0.2) is 0 Å². The predicted octanol–water partition coefficient (Wildman–Crippen LogP) is 4.38. The first-order chi connectivity index (χ1) is 10.6. The molecule has 0 saturated heterocycles. The van der Waals surface area contributed by atoms with E-state index in [-0.39, 0.29) is 6.10 Å². The monoisotopic (exact) mass is 293 g/mol. The molecule has 1 unspecified atom stereocenters. The van der Waals surface area contributed by atoms with Gasteiger partial charge in [0.2, 0.25) is 0 Å². The molecule has 0 amide bonds. The Morgan fingerprint density at radius 1 is 1.14 bits per heavy atom. The highest BCUT2D eigenvalue weighted by Crippen LogP contribution is 2.53. The third-order valence-corrected chi connectivity index (χ3v) is 4.74. The molecule has 2 aromatic carbocycles. The lowest BCUT2D eigenvalue weighted by Crippen LogP contribution is -2.26. The van der Waals surface area contributed by atoms with Gasteiger partial charge in [-0.1, -0.05) is 18.2 Å². The zero-order valence-electron chi connectivity index (χ0n) is 13.3. The van der Waals surface area contributed by atoms with Crippen LogP contribution in [0.5, 0.6) is 11.5 Å². The number of rotatable bonds is 1. The summed E-state index contributed by atoms with van der Waals surface area (Å²) in [5.74, 6) is 1.73. The molecule has 3 heteroatoms. The van der Waals surface area contributed by atoms with Crippen molar-refractivity contribution in [2.45, 2.75) is 20.0 Å². The van der Waals surface area contributed by atoms with Gasteiger partial charge in [-0.2, -0.15) is 0 Å². The van der Waals surface area contributed by atoms with Gasteiger partial charge >= 0.3 is 0 Å². The molecule has 0 fully saturated rings. The Balaban J connectivity index is 2.11. The van der Waals surface area contributed by atoms with Crippen LogP contribution >= 0.6 is 0 Å². The average Bonchev–Trinajstić information content (AvgIpc) is 2.54. The first-order valence-electron chi connectivity index (χ1n) is 7.54. The molecule has 2 aromatic rings. The van der Waals surface area contributed by atoms with Crippen LogP contribution in [-0.2, 0) is 0 Å². The van der Waals surface area contributed by atoms with E-state index in [0.717, 1.165) is 17.2 Å². The van der Waals surface area contributed by atoms with Gasteiger partial charge in [0.25, 0.3) is 0 Å². The Kier molecular flexibility index (Phi) is 2.73. The van der Waals surface area contributed by atoms with E-state index in [0.29, 0.717) is 0 Å². The molecule has 0 aromatic heterocycles. The maximum atomic E-state index is 6.13. The summed E-state index contributed by atoms with van der Waals surface area (Å²) >= 11 is 0. The summed E-state index contributed by atoms with van der Waals surface area (Å²) in [6, 6.07) is 12.6. The smallest absolute Gasteiger partial charge is 0.133 e. The maximum Gasteiger partial charge on any atom is 0.133 e. The molecule has 3 nitrogen and oxygen atoms in total. The Hall–Kier alpha value is -2.42. The van der Waals surface area contributed by atoms with Crippen molar-refractivity contribution in [3.05, 3.63) is 53.1 Å². The van der Waals surface area contributed by atoms with Gasteiger partial charge in [-0.05, 0) is 31.1 Å². The van der Waals surface area contributed by atoms with E-state index in [1.165, 1.54) is 28.0 Å². The first kappa shape index (κ1) is 13.3. The summed E-state index contributed by atoms with van der Waals surface area (Å²) < 4.78 is 11.6. The topological polar surface area (TPSA) is 21.7 Å². The van der Waals surface area contributed by atoms with Crippen LogP contribution in [-0.4, -0.2) is 20.3 Å². The summed E-state index contributed by atoms with van der Waals surface area (Å²) in [6.07, 6.45) is 0.0684. The molecular weight excluding hydrogens is 274 g/mol. The van der Waals surface area contributed by atoms with Crippen molar-refractivity contribution < 1.29 is 9.47 Å². The molecule has 112 valence electrons. The van der Waals surface area contributed by atoms with Gasteiger partial charge in [-0.3, -0.25) is 0 Å². The van der Waals surface area contributed by atoms with Gasteiger partial charge in [0, 0.05) is 36.0 Å². The third-order valence-electron chi connectivity index (χ3n) is 4.74. The van der Waals surface area contributed by atoms with Crippen molar-refractivity contribution in [3.63, 3.8) is 0 Å². The Morgan fingerprint density at radius 3 is 2.68 bits per heavy atom. The number of methoxy groups -OCH3 is 1. The zero-order valence-corrected chi connectivity index (χ0v) is 13.3. The van der Waals surface area contributed by atoms with E-state index in [4.69, 9.17) is 9.47 Å². The summed E-state index contributed by atoms with van der Waals surface area (Å²) in [5, 5.41) is 0. The van der Waals surface area contributed by atoms with Crippen molar-refractivity contribution in [3.8, 4) is 11.5 Å². The highest BCUT2D eigenvalue weighted by Gasteiger charge is 2.33. The second-order valence-electron chi connectivity index (χ2n) is 5.91. The van der Waals surface area contributed by atoms with Crippen LogP contribution in [0.25, 0.3) is 5.57 Å². The lowest BCUT2D eigenvalue weighted by Gasteiger charge is -2.38. The molecule has 1 atom stereocenters. The van der Waals surface area contributed by atoms with Crippen LogP contribution in [0.15, 0.2) is 42.0 Å². The van der Waals surface area contributed by atoms with Crippen molar-refractivity contribution in [2.24, 2.45) is 0 Å². The van der Waals surface area contributed by atoms with Crippen molar-refractivity contribution in [2.75, 3.05) is 19.1 Å². The SMILES string of the molecule is COc1cc2c3c(c1)N(C)c1ccccc1C3=C(C)C(C)O2. The maximum absolute atomic E-state index is 6.13. The number of ether oxygens (including phenoxy) is 2. The minimum absolute atomic E-state index is 0.0684. The normalized spacial score (nSPS) is 18.5. The Bertz CT molecular complexity index is 807. The van der Waals surface area contributed by atoms with Gasteiger partial charge in [-0.15, -0.1) is 0 Å². The standard InChI is InChI=1S/C19H19NO2/c1-11-12(2)22-17-10-13(21-4)9-16-19(17)18(11)14-7-5-6-8-15(14)20(16)3/h5-10,12H,1-4H3. The lowest BCUT2D eigenvalue weighted by molar-refractivity contribution is 0.251. The Morgan fingerprint density at radius 2 is 1.91 bits per heavy atom. The van der Waals surface area contributed by atoms with Crippen LogP contribution in [0.1, 0.15) is 25.0 Å². The summed E-state index contributed by atoms with van der Waals surface area (Å²) in [6.45, 7) is 4.27. The number of nitrogens with zero attached hydrogens (tertiary/aromatic N) is 1. The van der Waals surface area contributed by atoms with E-state index < -0.39 is 0 Å². The minimum atomic E-state index is 0.0684. The number of anilines is 2. The van der Waals surface area contributed by atoms with Crippen LogP contribution in [0.3, 0.4) is 0 Å². The summed E-state index contributed by atoms with van der Waals surface area (Å²) in [5.41, 5.74) is 7.39. The molecule has 2 aliphatic rings. The lowest BCUT2D eigenvalue weighted by atomic mass is 9.84. The third kappa shape index (κ3) is 1.62. The summed E-state index contributed by atoms with van der Waals surface area (Å²) in [4.78, 5) is 2.22. The van der Waals surface area contributed by atoms with E-state index in [1.54, 1.807) is 7.11 Å². The molecule has 0 bridgehead atoms. The quantitative estimate of drug-likeness (QED) is 0.779. The second kappa shape index (κ2) is 4.54. The van der Waals surface area contributed by atoms with Gasteiger partial charge in [0.05, 0.1) is 12.8 Å². The van der Waals surface area contributed by atoms with Crippen molar-refractivity contribution in [1.29, 1.82) is 0 Å². The molecule has 0 saturated carbocycles. The summed E-state index contributed by atoms with van der Waals surface area (Å²) in [7, 11) is 3.79. The zero-order chi connectivity index (χ0) is 15.4. The fourth-order valence-corrected chi connectivity index (χ4v) is 3.44. The second-order valence-corrected chi connectivity index (χ2v) is 5.91.